The van der Waals surface area contributed by atoms with Crippen molar-refractivity contribution in [1.29, 1.82) is 0 Å². The predicted octanol–water partition coefficient (Wildman–Crippen LogP) is 5.17. The third-order valence-corrected chi connectivity index (χ3v) is 6.13. The highest BCUT2D eigenvalue weighted by atomic mass is 35.5. The molecule has 1 amide bonds. The van der Waals surface area contributed by atoms with E-state index in [-0.39, 0.29) is 17.6 Å². The lowest BCUT2D eigenvalue weighted by atomic mass is 9.96. The summed E-state index contributed by atoms with van der Waals surface area (Å²) < 4.78 is 14.5. The average Bonchev–Trinajstić information content (AvgIpc) is 2.79. The Balaban J connectivity index is 1.77. The van der Waals surface area contributed by atoms with Crippen molar-refractivity contribution in [2.45, 2.75) is 26.7 Å². The second kappa shape index (κ2) is 9.18. The van der Waals surface area contributed by atoms with Crippen molar-refractivity contribution in [1.82, 2.24) is 14.9 Å². The molecule has 1 aliphatic rings. The maximum Gasteiger partial charge on any atom is 0.227 e. The van der Waals surface area contributed by atoms with Gasteiger partial charge in [0, 0.05) is 36.6 Å². The second-order valence-corrected chi connectivity index (χ2v) is 8.24. The summed E-state index contributed by atoms with van der Waals surface area (Å²) >= 11 is 6.28. The zero-order valence-electron chi connectivity index (χ0n) is 17.8. The molecule has 2 aromatic carbocycles. The molecule has 0 saturated carbocycles. The van der Waals surface area contributed by atoms with Gasteiger partial charge in [-0.3, -0.25) is 4.79 Å². The normalized spacial score (nSPS) is 16.5. The summed E-state index contributed by atoms with van der Waals surface area (Å²) in [6.45, 7) is 6.76. The molecule has 0 radical (unpaired) electrons. The van der Waals surface area contributed by atoms with Gasteiger partial charge in [0.1, 0.15) is 11.6 Å². The van der Waals surface area contributed by atoms with Crippen LogP contribution in [0.1, 0.15) is 26.7 Å². The molecule has 0 spiro atoms. The number of halogens is 2. The standard InChI is InChI=1S/C24H26ClFN4O/c1-3-29(4-2)24(31)16-8-7-13-30(15-16)23-19-14-17(25)11-12-21(19)27-22(28-23)18-9-5-6-10-20(18)26/h5-6,9-12,14,16H,3-4,7-8,13,15H2,1-2H3. The molecule has 0 N–H and O–H groups in total. The number of piperidine rings is 1. The highest BCUT2D eigenvalue weighted by Gasteiger charge is 2.30. The van der Waals surface area contributed by atoms with Gasteiger partial charge in [0.2, 0.25) is 5.91 Å². The van der Waals surface area contributed by atoms with Crippen LogP contribution in [0.5, 0.6) is 0 Å². The molecule has 1 unspecified atom stereocenters. The Bertz CT molecular complexity index is 1100. The van der Waals surface area contributed by atoms with E-state index in [2.05, 4.69) is 9.88 Å². The third kappa shape index (κ3) is 4.35. The van der Waals surface area contributed by atoms with Crippen LogP contribution in [0.2, 0.25) is 5.02 Å². The number of amides is 1. The lowest BCUT2D eigenvalue weighted by Crippen LogP contribution is -2.45. The van der Waals surface area contributed by atoms with Crippen molar-refractivity contribution in [3.8, 4) is 11.4 Å². The third-order valence-electron chi connectivity index (χ3n) is 5.90. The number of carbonyl (C=O) groups excluding carboxylic acids is 1. The zero-order valence-corrected chi connectivity index (χ0v) is 18.6. The van der Waals surface area contributed by atoms with Crippen molar-refractivity contribution < 1.29 is 9.18 Å². The first-order valence-electron chi connectivity index (χ1n) is 10.8. The fourth-order valence-corrected chi connectivity index (χ4v) is 4.43. The predicted molar refractivity (Wildman–Crippen MR) is 123 cm³/mol. The van der Waals surface area contributed by atoms with Gasteiger partial charge in [-0.05, 0) is 57.0 Å². The summed E-state index contributed by atoms with van der Waals surface area (Å²) in [5.41, 5.74) is 1.05. The van der Waals surface area contributed by atoms with E-state index >= 15 is 0 Å². The number of aromatic nitrogens is 2. The molecule has 1 atom stereocenters. The van der Waals surface area contributed by atoms with Crippen LogP contribution < -0.4 is 4.90 Å². The Morgan fingerprint density at radius 2 is 1.97 bits per heavy atom. The number of nitrogens with zero attached hydrogens (tertiary/aromatic N) is 4. The highest BCUT2D eigenvalue weighted by molar-refractivity contribution is 6.31. The van der Waals surface area contributed by atoms with Crippen LogP contribution in [0.3, 0.4) is 0 Å². The molecule has 1 fully saturated rings. The van der Waals surface area contributed by atoms with Crippen LogP contribution in [0, 0.1) is 11.7 Å². The number of benzene rings is 2. The Morgan fingerprint density at radius 3 is 2.71 bits per heavy atom. The molecule has 5 nitrogen and oxygen atoms in total. The highest BCUT2D eigenvalue weighted by Crippen LogP contribution is 2.33. The number of rotatable bonds is 5. The van der Waals surface area contributed by atoms with Gasteiger partial charge < -0.3 is 9.80 Å². The van der Waals surface area contributed by atoms with Gasteiger partial charge >= 0.3 is 0 Å². The summed E-state index contributed by atoms with van der Waals surface area (Å²) in [5.74, 6) is 0.757. The van der Waals surface area contributed by atoms with E-state index in [1.807, 2.05) is 30.9 Å². The fraction of sp³-hybridized carbons (Fsp3) is 0.375. The lowest BCUT2D eigenvalue weighted by Gasteiger charge is -2.35. The molecule has 0 aliphatic carbocycles. The van der Waals surface area contributed by atoms with E-state index in [0.717, 1.165) is 24.8 Å². The van der Waals surface area contributed by atoms with E-state index in [0.29, 0.717) is 47.4 Å². The van der Waals surface area contributed by atoms with E-state index in [9.17, 15) is 9.18 Å². The molecular formula is C24H26ClFN4O. The van der Waals surface area contributed by atoms with Gasteiger partial charge in [0.25, 0.3) is 0 Å². The molecule has 0 bridgehead atoms. The second-order valence-electron chi connectivity index (χ2n) is 7.81. The molecule has 1 saturated heterocycles. The minimum absolute atomic E-state index is 0.0882. The van der Waals surface area contributed by atoms with Crippen LogP contribution in [0.15, 0.2) is 42.5 Å². The molecule has 1 aliphatic heterocycles. The van der Waals surface area contributed by atoms with Crippen LogP contribution in [0.4, 0.5) is 10.2 Å². The molecular weight excluding hydrogens is 415 g/mol. The Hall–Kier alpha value is -2.73. The molecule has 2 heterocycles. The maximum absolute atomic E-state index is 14.5. The van der Waals surface area contributed by atoms with Crippen LogP contribution in [0.25, 0.3) is 22.3 Å². The molecule has 162 valence electrons. The summed E-state index contributed by atoms with van der Waals surface area (Å²) in [6.07, 6.45) is 1.74. The van der Waals surface area contributed by atoms with Gasteiger partial charge in [-0.15, -0.1) is 0 Å². The summed E-state index contributed by atoms with van der Waals surface area (Å²) in [7, 11) is 0. The van der Waals surface area contributed by atoms with Gasteiger partial charge in [-0.2, -0.15) is 0 Å². The number of carbonyl (C=O) groups is 1. The summed E-state index contributed by atoms with van der Waals surface area (Å²) in [4.78, 5) is 26.4. The lowest BCUT2D eigenvalue weighted by molar-refractivity contribution is -0.135. The number of hydrogen-bond acceptors (Lipinski definition) is 4. The minimum atomic E-state index is -0.366. The van der Waals surface area contributed by atoms with Crippen molar-refractivity contribution in [2.75, 3.05) is 31.1 Å². The van der Waals surface area contributed by atoms with E-state index in [4.69, 9.17) is 16.6 Å². The zero-order chi connectivity index (χ0) is 22.0. The van der Waals surface area contributed by atoms with Gasteiger partial charge in [-0.25, -0.2) is 14.4 Å². The molecule has 7 heteroatoms. The van der Waals surface area contributed by atoms with Crippen molar-refractivity contribution in [3.05, 3.63) is 53.3 Å². The maximum atomic E-state index is 14.5. The Morgan fingerprint density at radius 1 is 1.19 bits per heavy atom. The van der Waals surface area contributed by atoms with Gasteiger partial charge in [0.15, 0.2) is 5.82 Å². The first-order chi connectivity index (χ1) is 15.0. The largest absolute Gasteiger partial charge is 0.355 e. The topological polar surface area (TPSA) is 49.3 Å². The molecule has 4 rings (SSSR count). The number of hydrogen-bond donors (Lipinski definition) is 0. The first kappa shape index (κ1) is 21.5. The van der Waals surface area contributed by atoms with Crippen LogP contribution >= 0.6 is 11.6 Å². The van der Waals surface area contributed by atoms with E-state index < -0.39 is 0 Å². The molecule has 1 aromatic heterocycles. The number of anilines is 1. The van der Waals surface area contributed by atoms with Crippen LogP contribution in [-0.2, 0) is 4.79 Å². The summed E-state index contributed by atoms with van der Waals surface area (Å²) in [6, 6.07) is 11.9. The fourth-order valence-electron chi connectivity index (χ4n) is 4.25. The van der Waals surface area contributed by atoms with Gasteiger partial charge in [0.05, 0.1) is 17.0 Å². The SMILES string of the molecule is CCN(CC)C(=O)C1CCCN(c2nc(-c3ccccc3F)nc3ccc(Cl)cc23)C1. The average molecular weight is 441 g/mol. The smallest absolute Gasteiger partial charge is 0.227 e. The number of fused-ring (bicyclic) bond motifs is 1. The molecule has 3 aromatic rings. The van der Waals surface area contributed by atoms with E-state index in [1.54, 1.807) is 24.3 Å². The minimum Gasteiger partial charge on any atom is -0.355 e. The van der Waals surface area contributed by atoms with Gasteiger partial charge in [-0.1, -0.05) is 23.7 Å². The Kier molecular flexibility index (Phi) is 6.37. The monoisotopic (exact) mass is 440 g/mol. The van der Waals surface area contributed by atoms with Crippen molar-refractivity contribution in [2.24, 2.45) is 5.92 Å². The van der Waals surface area contributed by atoms with Crippen molar-refractivity contribution >= 4 is 34.2 Å². The van der Waals surface area contributed by atoms with Crippen LogP contribution in [-0.4, -0.2) is 47.0 Å². The first-order valence-corrected chi connectivity index (χ1v) is 11.2. The summed E-state index contributed by atoms with van der Waals surface area (Å²) in [5, 5.41) is 1.40. The Labute approximate surface area is 186 Å². The quantitative estimate of drug-likeness (QED) is 0.549. The van der Waals surface area contributed by atoms with Crippen molar-refractivity contribution in [3.63, 3.8) is 0 Å². The van der Waals surface area contributed by atoms with E-state index in [1.165, 1.54) is 6.07 Å². The molecule has 31 heavy (non-hydrogen) atoms.